The van der Waals surface area contributed by atoms with Crippen molar-refractivity contribution >= 4 is 23.3 Å². The molecule has 0 spiro atoms. The molecular formula is C23H21N3O4S. The summed E-state index contributed by atoms with van der Waals surface area (Å²) in [5, 5.41) is 19.5. The number of thiophene rings is 1. The molecule has 0 aliphatic rings. The molecule has 0 saturated carbocycles. The van der Waals surface area contributed by atoms with Crippen LogP contribution in [0.25, 0.3) is 21.3 Å². The van der Waals surface area contributed by atoms with E-state index in [2.05, 4.69) is 4.98 Å². The van der Waals surface area contributed by atoms with E-state index in [1.165, 1.54) is 0 Å². The average Bonchev–Trinajstić information content (AvgIpc) is 3.45. The number of aliphatic carboxylic acids is 1. The third-order valence-corrected chi connectivity index (χ3v) is 6.26. The molecule has 4 aromatic rings. The molecule has 7 nitrogen and oxygen atoms in total. The Bertz CT molecular complexity index is 1280. The van der Waals surface area contributed by atoms with E-state index >= 15 is 0 Å². The Morgan fingerprint density at radius 2 is 1.87 bits per heavy atom. The first-order valence-electron chi connectivity index (χ1n) is 9.72. The Morgan fingerprint density at radius 1 is 1.06 bits per heavy atom. The van der Waals surface area contributed by atoms with Gasteiger partial charge in [0.25, 0.3) is 0 Å². The molecule has 4 rings (SSSR count). The molecule has 2 N–H and O–H groups in total. The van der Waals surface area contributed by atoms with Gasteiger partial charge >= 0.3 is 11.9 Å². The number of hydrogen-bond acceptors (Lipinski definition) is 4. The Hall–Kier alpha value is -3.65. The maximum atomic E-state index is 11.3. The van der Waals surface area contributed by atoms with Gasteiger partial charge in [0.15, 0.2) is 0 Å². The summed E-state index contributed by atoms with van der Waals surface area (Å²) in [6.45, 7) is 3.81. The minimum Gasteiger partial charge on any atom is -0.481 e. The fraction of sp³-hybridized carbons (Fsp3) is 0.174. The Balaban J connectivity index is 1.83. The van der Waals surface area contributed by atoms with E-state index in [4.69, 9.17) is 5.11 Å². The van der Waals surface area contributed by atoms with Crippen LogP contribution in [0.2, 0.25) is 0 Å². The number of aromatic nitrogens is 3. The Kier molecular flexibility index (Phi) is 5.48. The summed E-state index contributed by atoms with van der Waals surface area (Å²) in [6, 6.07) is 13.0. The highest BCUT2D eigenvalue weighted by Gasteiger charge is 2.17. The molecule has 0 radical (unpaired) electrons. The van der Waals surface area contributed by atoms with E-state index in [1.807, 2.05) is 53.4 Å². The minimum absolute atomic E-state index is 0.0135. The van der Waals surface area contributed by atoms with Gasteiger partial charge in [0.05, 0.1) is 22.6 Å². The number of aromatic carboxylic acids is 1. The van der Waals surface area contributed by atoms with Crippen LogP contribution >= 0.6 is 11.3 Å². The van der Waals surface area contributed by atoms with Crippen molar-refractivity contribution in [3.05, 3.63) is 77.5 Å². The van der Waals surface area contributed by atoms with E-state index in [1.54, 1.807) is 35.7 Å². The summed E-state index contributed by atoms with van der Waals surface area (Å²) >= 11 is 1.61. The highest BCUT2D eigenvalue weighted by molar-refractivity contribution is 7.17. The summed E-state index contributed by atoms with van der Waals surface area (Å²) in [6.07, 6.45) is 4.06. The number of imidazole rings is 1. The van der Waals surface area contributed by atoms with Gasteiger partial charge in [-0.3, -0.25) is 9.36 Å². The van der Waals surface area contributed by atoms with Crippen LogP contribution < -0.4 is 0 Å². The zero-order valence-corrected chi connectivity index (χ0v) is 17.9. The first kappa shape index (κ1) is 20.6. The summed E-state index contributed by atoms with van der Waals surface area (Å²) < 4.78 is 4.04. The summed E-state index contributed by atoms with van der Waals surface area (Å²) in [5.41, 5.74) is 3.64. The first-order chi connectivity index (χ1) is 14.8. The van der Waals surface area contributed by atoms with E-state index in [-0.39, 0.29) is 12.0 Å². The smallest absolute Gasteiger partial charge is 0.335 e. The molecule has 0 fully saturated rings. The second-order valence-corrected chi connectivity index (χ2v) is 8.29. The topological polar surface area (TPSA) is 97.4 Å². The fourth-order valence-electron chi connectivity index (χ4n) is 3.63. The molecule has 0 aliphatic carbocycles. The third kappa shape index (κ3) is 4.02. The molecule has 0 bridgehead atoms. The van der Waals surface area contributed by atoms with Crippen molar-refractivity contribution in [1.82, 2.24) is 14.1 Å². The number of benzene rings is 1. The second-order valence-electron chi connectivity index (χ2n) is 7.23. The van der Waals surface area contributed by atoms with Crippen molar-refractivity contribution in [2.75, 3.05) is 0 Å². The van der Waals surface area contributed by atoms with Crippen LogP contribution in [0.5, 0.6) is 0 Å². The van der Waals surface area contributed by atoms with Crippen molar-refractivity contribution in [2.45, 2.75) is 26.7 Å². The number of rotatable bonds is 7. The number of hydrogen-bond donors (Lipinski definition) is 2. The molecule has 31 heavy (non-hydrogen) atoms. The van der Waals surface area contributed by atoms with Crippen molar-refractivity contribution in [3.8, 4) is 21.3 Å². The monoisotopic (exact) mass is 435 g/mol. The number of nitrogens with zero attached hydrogens (tertiary/aromatic N) is 3. The van der Waals surface area contributed by atoms with Crippen molar-refractivity contribution in [2.24, 2.45) is 0 Å². The zero-order valence-electron chi connectivity index (χ0n) is 17.1. The van der Waals surface area contributed by atoms with E-state index in [9.17, 15) is 14.7 Å². The highest BCUT2D eigenvalue weighted by atomic mass is 32.1. The molecular weight excluding hydrogens is 414 g/mol. The quantitative estimate of drug-likeness (QED) is 0.438. The first-order valence-corrected chi connectivity index (χ1v) is 10.5. The van der Waals surface area contributed by atoms with Crippen molar-refractivity contribution < 1.29 is 19.8 Å². The van der Waals surface area contributed by atoms with Crippen LogP contribution in [-0.2, 0) is 11.2 Å². The molecule has 158 valence electrons. The number of carbonyl (C=O) groups is 2. The summed E-state index contributed by atoms with van der Waals surface area (Å²) in [4.78, 5) is 27.8. The van der Waals surface area contributed by atoms with E-state index in [0.29, 0.717) is 6.42 Å². The lowest BCUT2D eigenvalue weighted by atomic mass is 10.1. The number of aryl methyl sites for hydroxylation is 3. The van der Waals surface area contributed by atoms with Gasteiger partial charge in [-0.05, 0) is 68.3 Å². The van der Waals surface area contributed by atoms with Gasteiger partial charge < -0.3 is 14.8 Å². The fourth-order valence-corrected chi connectivity index (χ4v) is 4.68. The largest absolute Gasteiger partial charge is 0.481 e. The highest BCUT2D eigenvalue weighted by Crippen LogP contribution is 2.35. The molecule has 3 aromatic heterocycles. The molecule has 0 aliphatic heterocycles. The standard InChI is InChI=1S/C23H21N3O4S/c1-14-13-16(23(29)30)3-6-18(14)26-17(5-10-22(27)28)4-7-19(26)20-8-9-21(31-20)25-12-11-24-15(25)2/h3-4,6-9,11-13H,5,10H2,1-2H3,(H,27,28)(H,29,30). The predicted molar refractivity (Wildman–Crippen MR) is 119 cm³/mol. The molecule has 8 heteroatoms. The summed E-state index contributed by atoms with van der Waals surface area (Å²) in [7, 11) is 0. The van der Waals surface area contributed by atoms with Gasteiger partial charge in [0, 0.05) is 23.8 Å². The SMILES string of the molecule is Cc1cc(C(=O)O)ccc1-n1c(CCC(=O)O)ccc1-c1ccc(-n2ccnc2C)s1. The number of carboxylic acids is 2. The molecule has 0 unspecified atom stereocenters. The van der Waals surface area contributed by atoms with Crippen molar-refractivity contribution in [3.63, 3.8) is 0 Å². The molecule has 0 atom stereocenters. The number of carboxylic acid groups (broad SMARTS) is 2. The van der Waals surface area contributed by atoms with Gasteiger partial charge in [0.1, 0.15) is 10.8 Å². The lowest BCUT2D eigenvalue weighted by Crippen LogP contribution is -2.07. The average molecular weight is 436 g/mol. The second kappa shape index (κ2) is 8.23. The molecule has 0 saturated heterocycles. The van der Waals surface area contributed by atoms with E-state index in [0.717, 1.165) is 38.3 Å². The molecule has 3 heterocycles. The van der Waals surface area contributed by atoms with Gasteiger partial charge in [-0.15, -0.1) is 11.3 Å². The van der Waals surface area contributed by atoms with Crippen LogP contribution in [-0.4, -0.2) is 36.3 Å². The lowest BCUT2D eigenvalue weighted by Gasteiger charge is -2.16. The maximum Gasteiger partial charge on any atom is 0.335 e. The van der Waals surface area contributed by atoms with Gasteiger partial charge in [-0.2, -0.15) is 0 Å². The lowest BCUT2D eigenvalue weighted by molar-refractivity contribution is -0.136. The maximum absolute atomic E-state index is 11.3. The Labute approximate surface area is 182 Å². The minimum atomic E-state index is -0.980. The summed E-state index contributed by atoms with van der Waals surface area (Å²) in [5.74, 6) is -0.945. The predicted octanol–water partition coefficient (Wildman–Crippen LogP) is 4.72. The van der Waals surface area contributed by atoms with Crippen LogP contribution in [0.4, 0.5) is 0 Å². The Morgan fingerprint density at radius 3 is 2.52 bits per heavy atom. The van der Waals surface area contributed by atoms with Gasteiger partial charge in [-0.1, -0.05) is 0 Å². The van der Waals surface area contributed by atoms with Gasteiger partial charge in [-0.25, -0.2) is 9.78 Å². The van der Waals surface area contributed by atoms with Crippen LogP contribution in [0.3, 0.4) is 0 Å². The van der Waals surface area contributed by atoms with Crippen LogP contribution in [0, 0.1) is 13.8 Å². The van der Waals surface area contributed by atoms with Crippen LogP contribution in [0.1, 0.15) is 33.9 Å². The van der Waals surface area contributed by atoms with Crippen LogP contribution in [0.15, 0.2) is 54.9 Å². The van der Waals surface area contributed by atoms with Crippen molar-refractivity contribution in [1.29, 1.82) is 0 Å². The normalized spacial score (nSPS) is 11.0. The zero-order chi connectivity index (χ0) is 22.1. The van der Waals surface area contributed by atoms with E-state index < -0.39 is 11.9 Å². The molecule has 1 aromatic carbocycles. The molecule has 0 amide bonds. The van der Waals surface area contributed by atoms with Gasteiger partial charge in [0.2, 0.25) is 0 Å². The third-order valence-electron chi connectivity index (χ3n) is 5.15.